The first-order valence-corrected chi connectivity index (χ1v) is 12.3. The molecule has 1 N–H and O–H groups in total. The standard InChI is InChI=1S/C27H23Cl2NO5/c28-17-12-15(13-18(29)27(17)34-14-23(33)30-16-6-2-1-3-7-16)24-25-19(31)8-4-10-21(25)35-22-11-5-9-20(32)26(22)24/h1-3,6-7,12-13,24H,4-5,8-11,14H2,(H,30,33). The first kappa shape index (κ1) is 23.6. The van der Waals surface area contributed by atoms with Gasteiger partial charge in [0.15, 0.2) is 23.9 Å². The van der Waals surface area contributed by atoms with E-state index in [0.29, 0.717) is 59.6 Å². The maximum atomic E-state index is 13.0. The van der Waals surface area contributed by atoms with Gasteiger partial charge in [0.05, 0.1) is 10.0 Å². The second-order valence-corrected chi connectivity index (χ2v) is 9.59. The van der Waals surface area contributed by atoms with Crippen molar-refractivity contribution in [3.8, 4) is 5.75 Å². The molecule has 180 valence electrons. The molecule has 5 rings (SSSR count). The Bertz CT molecular complexity index is 1220. The third kappa shape index (κ3) is 4.73. The van der Waals surface area contributed by atoms with Crippen molar-refractivity contribution in [3.05, 3.63) is 80.7 Å². The van der Waals surface area contributed by atoms with Crippen LogP contribution in [0.1, 0.15) is 50.0 Å². The third-order valence-corrected chi connectivity index (χ3v) is 6.96. The number of hydrogen-bond donors (Lipinski definition) is 1. The van der Waals surface area contributed by atoms with Crippen molar-refractivity contribution >= 4 is 46.4 Å². The van der Waals surface area contributed by atoms with Gasteiger partial charge in [-0.1, -0.05) is 41.4 Å². The lowest BCUT2D eigenvalue weighted by molar-refractivity contribution is -0.119. The summed E-state index contributed by atoms with van der Waals surface area (Å²) < 4.78 is 11.7. The normalized spacial score (nSPS) is 18.1. The summed E-state index contributed by atoms with van der Waals surface area (Å²) in [7, 11) is 0. The quantitative estimate of drug-likeness (QED) is 0.521. The zero-order chi connectivity index (χ0) is 24.5. The minimum Gasteiger partial charge on any atom is -0.481 e. The summed E-state index contributed by atoms with van der Waals surface area (Å²) in [4.78, 5) is 38.2. The van der Waals surface area contributed by atoms with E-state index in [1.165, 1.54) is 0 Å². The molecule has 0 saturated heterocycles. The van der Waals surface area contributed by atoms with Crippen LogP contribution in [0.2, 0.25) is 10.0 Å². The number of rotatable bonds is 5. The Balaban J connectivity index is 1.44. The first-order valence-electron chi connectivity index (χ1n) is 11.6. The SMILES string of the molecule is O=C(COc1c(Cl)cc(C2C3=C(CCCC3=O)OC3=C2C(=O)CCC3)cc1Cl)Nc1ccccc1. The molecule has 0 fully saturated rings. The topological polar surface area (TPSA) is 81.7 Å². The number of ketones is 2. The number of benzene rings is 2. The molecule has 0 aromatic heterocycles. The smallest absolute Gasteiger partial charge is 0.262 e. The van der Waals surface area contributed by atoms with Crippen molar-refractivity contribution in [2.75, 3.05) is 11.9 Å². The van der Waals surface area contributed by atoms with E-state index in [4.69, 9.17) is 32.7 Å². The number of hydrogen-bond acceptors (Lipinski definition) is 5. The molecule has 1 aliphatic heterocycles. The van der Waals surface area contributed by atoms with E-state index in [1.54, 1.807) is 24.3 Å². The lowest BCUT2D eigenvalue weighted by Gasteiger charge is -2.36. The summed E-state index contributed by atoms with van der Waals surface area (Å²) in [6, 6.07) is 12.3. The Morgan fingerprint density at radius 3 is 2.06 bits per heavy atom. The maximum Gasteiger partial charge on any atom is 0.262 e. The van der Waals surface area contributed by atoms with Gasteiger partial charge in [-0.15, -0.1) is 0 Å². The molecule has 2 aromatic rings. The fourth-order valence-corrected chi connectivity index (χ4v) is 5.50. The molecule has 0 atom stereocenters. The lowest BCUT2D eigenvalue weighted by atomic mass is 9.73. The predicted octanol–water partition coefficient (Wildman–Crippen LogP) is 6.14. The molecule has 6 nitrogen and oxygen atoms in total. The molecule has 2 aromatic carbocycles. The van der Waals surface area contributed by atoms with Crippen molar-refractivity contribution < 1.29 is 23.9 Å². The number of ether oxygens (including phenoxy) is 2. The highest BCUT2D eigenvalue weighted by atomic mass is 35.5. The number of carbonyl (C=O) groups is 3. The molecule has 8 heteroatoms. The van der Waals surface area contributed by atoms with E-state index in [0.717, 1.165) is 12.8 Å². The Morgan fingerprint density at radius 1 is 0.914 bits per heavy atom. The van der Waals surface area contributed by atoms with Gasteiger partial charge in [-0.05, 0) is 42.7 Å². The van der Waals surface area contributed by atoms with Gasteiger partial charge >= 0.3 is 0 Å². The highest BCUT2D eigenvalue weighted by Crippen LogP contribution is 2.49. The van der Waals surface area contributed by atoms with Crippen LogP contribution in [-0.4, -0.2) is 24.1 Å². The predicted molar refractivity (Wildman–Crippen MR) is 133 cm³/mol. The van der Waals surface area contributed by atoms with Crippen molar-refractivity contribution in [1.82, 2.24) is 0 Å². The molecule has 35 heavy (non-hydrogen) atoms. The van der Waals surface area contributed by atoms with Crippen LogP contribution in [0.5, 0.6) is 5.75 Å². The van der Waals surface area contributed by atoms with Crippen molar-refractivity contribution in [3.63, 3.8) is 0 Å². The molecule has 0 bridgehead atoms. The molecule has 0 radical (unpaired) electrons. The number of allylic oxidation sites excluding steroid dienone is 4. The Morgan fingerprint density at radius 2 is 1.49 bits per heavy atom. The van der Waals surface area contributed by atoms with Crippen LogP contribution >= 0.6 is 23.2 Å². The molecule has 2 aliphatic carbocycles. The second kappa shape index (κ2) is 9.88. The fourth-order valence-electron chi connectivity index (χ4n) is 4.89. The number of amides is 1. The minimum absolute atomic E-state index is 0.0219. The molecule has 1 amide bonds. The summed E-state index contributed by atoms with van der Waals surface area (Å²) in [5, 5.41) is 3.13. The van der Waals surface area contributed by atoms with Crippen molar-refractivity contribution in [1.29, 1.82) is 0 Å². The number of para-hydroxylation sites is 1. The zero-order valence-electron chi connectivity index (χ0n) is 18.9. The van der Waals surface area contributed by atoms with E-state index >= 15 is 0 Å². The van der Waals surface area contributed by atoms with Crippen molar-refractivity contribution in [2.24, 2.45) is 0 Å². The van der Waals surface area contributed by atoms with Crippen LogP contribution in [0.15, 0.2) is 65.1 Å². The Labute approximate surface area is 212 Å². The summed E-state index contributed by atoms with van der Waals surface area (Å²) in [6.07, 6.45) is 3.58. The van der Waals surface area contributed by atoms with Gasteiger partial charge in [-0.3, -0.25) is 14.4 Å². The Kier molecular flexibility index (Phi) is 6.67. The van der Waals surface area contributed by atoms with Crippen LogP contribution in [0, 0.1) is 0 Å². The van der Waals surface area contributed by atoms with Gasteiger partial charge in [0.2, 0.25) is 0 Å². The lowest BCUT2D eigenvalue weighted by Crippen LogP contribution is -2.30. The highest BCUT2D eigenvalue weighted by Gasteiger charge is 2.42. The monoisotopic (exact) mass is 511 g/mol. The number of Topliss-reactive ketones (excluding diaryl/α,β-unsaturated/α-hetero) is 2. The summed E-state index contributed by atoms with van der Waals surface area (Å²) in [5.41, 5.74) is 2.33. The van der Waals surface area contributed by atoms with Gasteiger partial charge in [0.1, 0.15) is 11.5 Å². The molecule has 0 saturated carbocycles. The highest BCUT2D eigenvalue weighted by molar-refractivity contribution is 6.37. The van der Waals surface area contributed by atoms with Crippen molar-refractivity contribution in [2.45, 2.75) is 44.4 Å². The van der Waals surface area contributed by atoms with Gasteiger partial charge in [0.25, 0.3) is 5.91 Å². The number of nitrogens with one attached hydrogen (secondary N) is 1. The average molecular weight is 512 g/mol. The van der Waals surface area contributed by atoms with E-state index in [-0.39, 0.29) is 39.9 Å². The maximum absolute atomic E-state index is 13.0. The summed E-state index contributed by atoms with van der Waals surface area (Å²) in [5.74, 6) is 0.481. The van der Waals surface area contributed by atoms with Crippen LogP contribution in [0.4, 0.5) is 5.69 Å². The minimum atomic E-state index is -0.570. The van der Waals surface area contributed by atoms with E-state index in [9.17, 15) is 14.4 Å². The molecule has 1 heterocycles. The van der Waals surface area contributed by atoms with Crippen LogP contribution in [0.25, 0.3) is 0 Å². The Hall–Kier alpha value is -3.09. The summed E-state index contributed by atoms with van der Waals surface area (Å²) >= 11 is 13.1. The largest absolute Gasteiger partial charge is 0.481 e. The summed E-state index contributed by atoms with van der Waals surface area (Å²) in [6.45, 7) is -0.285. The number of anilines is 1. The van der Waals surface area contributed by atoms with E-state index < -0.39 is 5.92 Å². The molecule has 3 aliphatic rings. The first-order chi connectivity index (χ1) is 16.9. The molecular formula is C27H23Cl2NO5. The zero-order valence-corrected chi connectivity index (χ0v) is 20.4. The van der Waals surface area contributed by atoms with Gasteiger partial charge in [0, 0.05) is 48.4 Å². The molecule has 0 unspecified atom stereocenters. The van der Waals surface area contributed by atoms with E-state index in [2.05, 4.69) is 5.32 Å². The average Bonchev–Trinajstić information content (AvgIpc) is 2.83. The fraction of sp³-hybridized carbons (Fsp3) is 0.296. The van der Waals surface area contributed by atoms with Gasteiger partial charge < -0.3 is 14.8 Å². The second-order valence-electron chi connectivity index (χ2n) is 8.78. The van der Waals surface area contributed by atoms with Crippen LogP contribution in [-0.2, 0) is 19.1 Å². The number of halogens is 2. The molecular weight excluding hydrogens is 489 g/mol. The van der Waals surface area contributed by atoms with Crippen LogP contribution in [0.3, 0.4) is 0 Å². The van der Waals surface area contributed by atoms with Gasteiger partial charge in [-0.25, -0.2) is 0 Å². The molecule has 0 spiro atoms. The van der Waals surface area contributed by atoms with Gasteiger partial charge in [-0.2, -0.15) is 0 Å². The van der Waals surface area contributed by atoms with E-state index in [1.807, 2.05) is 18.2 Å². The van der Waals surface area contributed by atoms with Crippen LogP contribution < -0.4 is 10.1 Å². The number of carbonyl (C=O) groups excluding carboxylic acids is 3. The third-order valence-electron chi connectivity index (χ3n) is 6.40.